The fourth-order valence-electron chi connectivity index (χ4n) is 0.990. The quantitative estimate of drug-likeness (QED) is 0.449. The summed E-state index contributed by atoms with van der Waals surface area (Å²) in [6.07, 6.45) is 0. The fourth-order valence-corrected chi connectivity index (χ4v) is 1.81. The number of methoxy groups -OCH3 is 1. The number of ether oxygens (including phenoxy) is 1. The molecule has 0 amide bonds. The zero-order valence-corrected chi connectivity index (χ0v) is 9.30. The number of nitrogens with two attached hydrogens (primary N) is 1. The molecule has 1 heterocycles. The van der Waals surface area contributed by atoms with Gasteiger partial charge in [-0.2, -0.15) is 0 Å². The zero-order valence-electron chi connectivity index (χ0n) is 8.49. The zero-order chi connectivity index (χ0) is 10.4. The Bertz CT molecular complexity index is 293. The van der Waals surface area contributed by atoms with Gasteiger partial charge in [-0.1, -0.05) is 11.8 Å². The third-order valence-electron chi connectivity index (χ3n) is 1.61. The highest BCUT2D eigenvalue weighted by Gasteiger charge is 2.01. The molecule has 0 fully saturated rings. The van der Waals surface area contributed by atoms with Crippen LogP contribution in [-0.4, -0.2) is 29.4 Å². The number of aryl methyl sites for hydroxylation is 1. The molecule has 0 saturated carbocycles. The smallest absolute Gasteiger partial charge is 0.188 e. The van der Waals surface area contributed by atoms with Crippen LogP contribution in [0.2, 0.25) is 0 Å². The Labute approximate surface area is 88.3 Å². The van der Waals surface area contributed by atoms with E-state index in [1.54, 1.807) is 18.9 Å². The standard InChI is InChI=1S/C9H15N3OS/c1-7-5-8(6-10)12-9(11-7)14-4-3-13-2/h5H,3-4,6,10H2,1-2H3. The monoisotopic (exact) mass is 213 g/mol. The van der Waals surface area contributed by atoms with Gasteiger partial charge >= 0.3 is 0 Å². The molecule has 0 atom stereocenters. The Morgan fingerprint density at radius 1 is 1.50 bits per heavy atom. The number of thioether (sulfide) groups is 1. The van der Waals surface area contributed by atoms with Gasteiger partial charge in [0, 0.05) is 25.1 Å². The van der Waals surface area contributed by atoms with Gasteiger partial charge in [-0.3, -0.25) is 0 Å². The number of hydrogen-bond donors (Lipinski definition) is 1. The van der Waals surface area contributed by atoms with Crippen molar-refractivity contribution in [1.29, 1.82) is 0 Å². The van der Waals surface area contributed by atoms with Gasteiger partial charge in [0.2, 0.25) is 0 Å². The second-order valence-electron chi connectivity index (χ2n) is 2.83. The van der Waals surface area contributed by atoms with Crippen LogP contribution in [0, 0.1) is 6.92 Å². The summed E-state index contributed by atoms with van der Waals surface area (Å²) in [5.41, 5.74) is 7.36. The molecule has 0 aliphatic heterocycles. The van der Waals surface area contributed by atoms with Crippen LogP contribution >= 0.6 is 11.8 Å². The van der Waals surface area contributed by atoms with E-state index in [1.807, 2.05) is 13.0 Å². The van der Waals surface area contributed by atoms with E-state index in [1.165, 1.54) is 0 Å². The Morgan fingerprint density at radius 2 is 2.29 bits per heavy atom. The van der Waals surface area contributed by atoms with Crippen LogP contribution in [0.15, 0.2) is 11.2 Å². The Kier molecular flexibility index (Phi) is 4.86. The maximum Gasteiger partial charge on any atom is 0.188 e. The molecule has 0 aromatic carbocycles. The Morgan fingerprint density at radius 3 is 2.93 bits per heavy atom. The van der Waals surface area contributed by atoms with E-state index in [0.717, 1.165) is 22.3 Å². The van der Waals surface area contributed by atoms with E-state index in [-0.39, 0.29) is 0 Å². The van der Waals surface area contributed by atoms with Gasteiger partial charge < -0.3 is 10.5 Å². The van der Waals surface area contributed by atoms with Crippen LogP contribution in [0.4, 0.5) is 0 Å². The highest BCUT2D eigenvalue weighted by molar-refractivity contribution is 7.99. The van der Waals surface area contributed by atoms with Crippen LogP contribution in [0.5, 0.6) is 0 Å². The van der Waals surface area contributed by atoms with Crippen molar-refractivity contribution in [2.75, 3.05) is 19.5 Å². The number of rotatable bonds is 5. The van der Waals surface area contributed by atoms with Crippen molar-refractivity contribution < 1.29 is 4.74 Å². The van der Waals surface area contributed by atoms with Gasteiger partial charge in [0.05, 0.1) is 12.3 Å². The lowest BCUT2D eigenvalue weighted by Crippen LogP contribution is -2.03. The summed E-state index contributed by atoms with van der Waals surface area (Å²) >= 11 is 1.59. The summed E-state index contributed by atoms with van der Waals surface area (Å²) in [5, 5.41) is 0.780. The molecule has 2 N–H and O–H groups in total. The first kappa shape index (κ1) is 11.4. The van der Waals surface area contributed by atoms with Gasteiger partial charge in [0.25, 0.3) is 0 Å². The molecule has 78 valence electrons. The van der Waals surface area contributed by atoms with Crippen molar-refractivity contribution in [3.8, 4) is 0 Å². The highest BCUT2D eigenvalue weighted by atomic mass is 32.2. The van der Waals surface area contributed by atoms with E-state index in [4.69, 9.17) is 10.5 Å². The molecule has 4 nitrogen and oxygen atoms in total. The average molecular weight is 213 g/mol. The summed E-state index contributed by atoms with van der Waals surface area (Å²) in [6.45, 7) is 3.11. The number of aromatic nitrogens is 2. The summed E-state index contributed by atoms with van der Waals surface area (Å²) < 4.78 is 4.95. The summed E-state index contributed by atoms with van der Waals surface area (Å²) in [5.74, 6) is 0.865. The van der Waals surface area contributed by atoms with E-state index >= 15 is 0 Å². The summed E-state index contributed by atoms with van der Waals surface area (Å²) in [4.78, 5) is 8.59. The van der Waals surface area contributed by atoms with E-state index < -0.39 is 0 Å². The van der Waals surface area contributed by atoms with Crippen LogP contribution in [0.3, 0.4) is 0 Å². The molecule has 1 aromatic rings. The molecule has 0 spiro atoms. The molecule has 0 unspecified atom stereocenters. The third kappa shape index (κ3) is 3.61. The van der Waals surface area contributed by atoms with Gasteiger partial charge in [0.15, 0.2) is 5.16 Å². The minimum absolute atomic E-state index is 0.460. The maximum atomic E-state index is 5.52. The lowest BCUT2D eigenvalue weighted by atomic mass is 10.3. The largest absolute Gasteiger partial charge is 0.384 e. The van der Waals surface area contributed by atoms with Crippen LogP contribution in [0.25, 0.3) is 0 Å². The molecule has 0 aliphatic carbocycles. The first-order valence-corrected chi connectivity index (χ1v) is 5.41. The van der Waals surface area contributed by atoms with Gasteiger partial charge in [-0.05, 0) is 13.0 Å². The molecule has 1 aromatic heterocycles. The molecule has 0 aliphatic rings. The molecule has 0 radical (unpaired) electrons. The number of hydrogen-bond acceptors (Lipinski definition) is 5. The third-order valence-corrected chi connectivity index (χ3v) is 2.43. The first-order chi connectivity index (χ1) is 6.76. The molecule has 5 heteroatoms. The van der Waals surface area contributed by atoms with Crippen molar-refractivity contribution >= 4 is 11.8 Å². The predicted molar refractivity (Wildman–Crippen MR) is 57.3 cm³/mol. The topological polar surface area (TPSA) is 61.0 Å². The first-order valence-electron chi connectivity index (χ1n) is 4.42. The van der Waals surface area contributed by atoms with E-state index in [2.05, 4.69) is 9.97 Å². The van der Waals surface area contributed by atoms with Gasteiger partial charge in [0.1, 0.15) is 0 Å². The normalized spacial score (nSPS) is 10.5. The Hall–Kier alpha value is -0.650. The number of nitrogens with zero attached hydrogens (tertiary/aromatic N) is 2. The minimum Gasteiger partial charge on any atom is -0.384 e. The van der Waals surface area contributed by atoms with Crippen LogP contribution < -0.4 is 5.73 Å². The SMILES string of the molecule is COCCSc1nc(C)cc(CN)n1. The van der Waals surface area contributed by atoms with E-state index in [0.29, 0.717) is 13.2 Å². The second-order valence-corrected chi connectivity index (χ2v) is 3.89. The minimum atomic E-state index is 0.460. The predicted octanol–water partition coefficient (Wildman–Crippen LogP) is 0.982. The molecule has 1 rings (SSSR count). The fraction of sp³-hybridized carbons (Fsp3) is 0.556. The summed E-state index contributed by atoms with van der Waals surface area (Å²) in [7, 11) is 1.68. The van der Waals surface area contributed by atoms with Gasteiger partial charge in [-0.15, -0.1) is 0 Å². The van der Waals surface area contributed by atoms with Crippen molar-refractivity contribution in [2.45, 2.75) is 18.6 Å². The van der Waals surface area contributed by atoms with Gasteiger partial charge in [-0.25, -0.2) is 9.97 Å². The van der Waals surface area contributed by atoms with Crippen molar-refractivity contribution in [3.63, 3.8) is 0 Å². The van der Waals surface area contributed by atoms with Crippen LogP contribution in [0.1, 0.15) is 11.4 Å². The van der Waals surface area contributed by atoms with Crippen molar-refractivity contribution in [2.24, 2.45) is 5.73 Å². The van der Waals surface area contributed by atoms with Crippen molar-refractivity contribution in [1.82, 2.24) is 9.97 Å². The molecular formula is C9H15N3OS. The maximum absolute atomic E-state index is 5.52. The highest BCUT2D eigenvalue weighted by Crippen LogP contribution is 2.13. The molecular weight excluding hydrogens is 198 g/mol. The second kappa shape index (κ2) is 5.95. The molecule has 14 heavy (non-hydrogen) atoms. The Balaban J connectivity index is 2.62. The van der Waals surface area contributed by atoms with E-state index in [9.17, 15) is 0 Å². The lowest BCUT2D eigenvalue weighted by Gasteiger charge is -2.03. The average Bonchev–Trinajstić information content (AvgIpc) is 2.17. The lowest BCUT2D eigenvalue weighted by molar-refractivity contribution is 0.218. The molecule has 0 bridgehead atoms. The van der Waals surface area contributed by atoms with Crippen LogP contribution in [-0.2, 0) is 11.3 Å². The van der Waals surface area contributed by atoms with Crippen molar-refractivity contribution in [3.05, 3.63) is 17.5 Å². The summed E-state index contributed by atoms with van der Waals surface area (Å²) in [6, 6.07) is 1.90. The molecule has 0 saturated heterocycles.